The average molecular weight is 562 g/mol. The molecule has 0 aliphatic heterocycles. The average Bonchev–Trinajstić information content (AvgIpc) is 3.43. The van der Waals surface area contributed by atoms with E-state index in [-0.39, 0.29) is 11.7 Å². The fraction of sp³-hybridized carbons (Fsp3) is 0.179. The number of hydrogen-bond acceptors (Lipinski definition) is 10. The number of carbonyl (C=O) groups is 2. The van der Waals surface area contributed by atoms with Gasteiger partial charge in [0.2, 0.25) is 5.75 Å². The molecule has 0 saturated carbocycles. The summed E-state index contributed by atoms with van der Waals surface area (Å²) < 4.78 is 23.0. The smallest absolute Gasteiger partial charge is 0.337 e. The second-order valence-electron chi connectivity index (χ2n) is 8.09. The maximum atomic E-state index is 12.5. The van der Waals surface area contributed by atoms with Crippen LogP contribution in [0.15, 0.2) is 77.0 Å². The minimum atomic E-state index is -0.425. The highest BCUT2D eigenvalue weighted by molar-refractivity contribution is 7.99. The highest BCUT2D eigenvalue weighted by Crippen LogP contribution is 2.41. The number of para-hydroxylation sites is 1. The van der Waals surface area contributed by atoms with E-state index in [0.717, 1.165) is 5.69 Å². The van der Waals surface area contributed by atoms with Crippen LogP contribution in [0, 0.1) is 0 Å². The topological polar surface area (TPSA) is 126 Å². The molecule has 40 heavy (non-hydrogen) atoms. The van der Waals surface area contributed by atoms with Crippen LogP contribution < -0.4 is 19.6 Å². The van der Waals surface area contributed by atoms with Gasteiger partial charge in [-0.05, 0) is 42.0 Å². The molecule has 0 spiro atoms. The van der Waals surface area contributed by atoms with Crippen molar-refractivity contribution >= 4 is 29.9 Å². The first-order valence-electron chi connectivity index (χ1n) is 11.9. The summed E-state index contributed by atoms with van der Waals surface area (Å²) in [6.07, 6.45) is 1.48. The number of nitrogens with one attached hydrogen (secondary N) is 1. The zero-order valence-corrected chi connectivity index (χ0v) is 23.1. The lowest BCUT2D eigenvalue weighted by Gasteiger charge is -2.15. The number of nitrogens with zero attached hydrogens (tertiary/aromatic N) is 4. The van der Waals surface area contributed by atoms with Crippen LogP contribution in [0.4, 0.5) is 0 Å². The molecule has 0 fully saturated rings. The highest BCUT2D eigenvalue weighted by atomic mass is 32.2. The Kier molecular flexibility index (Phi) is 9.36. The van der Waals surface area contributed by atoms with Crippen molar-refractivity contribution in [3.05, 3.63) is 77.9 Å². The molecular weight excluding hydrogens is 534 g/mol. The largest absolute Gasteiger partial charge is 0.493 e. The molecule has 0 atom stereocenters. The summed E-state index contributed by atoms with van der Waals surface area (Å²) in [5.74, 6) is 1.23. The molecule has 4 aromatic rings. The van der Waals surface area contributed by atoms with E-state index in [0.29, 0.717) is 44.9 Å². The van der Waals surface area contributed by atoms with Crippen molar-refractivity contribution in [2.24, 2.45) is 5.10 Å². The van der Waals surface area contributed by atoms with Crippen LogP contribution in [0.3, 0.4) is 0 Å². The van der Waals surface area contributed by atoms with Crippen LogP contribution in [0.1, 0.15) is 15.9 Å². The predicted molar refractivity (Wildman–Crippen MR) is 151 cm³/mol. The van der Waals surface area contributed by atoms with E-state index in [4.69, 9.17) is 14.2 Å². The van der Waals surface area contributed by atoms with Gasteiger partial charge in [0.1, 0.15) is 0 Å². The second-order valence-corrected chi connectivity index (χ2v) is 9.03. The molecule has 1 aromatic heterocycles. The quantitative estimate of drug-likeness (QED) is 0.125. The van der Waals surface area contributed by atoms with E-state index in [1.165, 1.54) is 32.2 Å². The Bertz CT molecular complexity index is 1480. The van der Waals surface area contributed by atoms with Crippen molar-refractivity contribution in [1.29, 1.82) is 0 Å². The first-order valence-corrected chi connectivity index (χ1v) is 12.9. The fourth-order valence-corrected chi connectivity index (χ4v) is 4.48. The van der Waals surface area contributed by atoms with Gasteiger partial charge in [0.05, 0.1) is 46.0 Å². The predicted octanol–water partition coefficient (Wildman–Crippen LogP) is 3.99. The lowest BCUT2D eigenvalue weighted by Crippen LogP contribution is -2.20. The SMILES string of the molecule is COC(=O)c1ccc(/C=N\NC(=O)CSc2nnc(-c3cc(OC)c(OC)c(OC)c3)n2-c2ccccc2)cc1. The first-order chi connectivity index (χ1) is 19.5. The number of methoxy groups -OCH3 is 4. The summed E-state index contributed by atoms with van der Waals surface area (Å²) >= 11 is 1.21. The number of hydrogen-bond donors (Lipinski definition) is 1. The van der Waals surface area contributed by atoms with Crippen LogP contribution in [0.2, 0.25) is 0 Å². The molecule has 0 bridgehead atoms. The van der Waals surface area contributed by atoms with Gasteiger partial charge in [0.15, 0.2) is 22.5 Å². The molecule has 12 heteroatoms. The number of hydrazone groups is 1. The maximum Gasteiger partial charge on any atom is 0.337 e. The molecule has 11 nitrogen and oxygen atoms in total. The lowest BCUT2D eigenvalue weighted by molar-refractivity contribution is -0.118. The second kappa shape index (κ2) is 13.3. The number of thioether (sulfide) groups is 1. The van der Waals surface area contributed by atoms with Crippen LogP contribution in [0.5, 0.6) is 17.2 Å². The first kappa shape index (κ1) is 28.2. The zero-order chi connectivity index (χ0) is 28.5. The molecule has 0 aliphatic carbocycles. The number of ether oxygens (including phenoxy) is 4. The van der Waals surface area contributed by atoms with Crippen molar-refractivity contribution < 1.29 is 28.5 Å². The molecule has 0 aliphatic rings. The number of benzene rings is 3. The Morgan fingerprint density at radius 1 is 0.925 bits per heavy atom. The summed E-state index contributed by atoms with van der Waals surface area (Å²) in [7, 11) is 5.95. The van der Waals surface area contributed by atoms with E-state index in [9.17, 15) is 9.59 Å². The van der Waals surface area contributed by atoms with E-state index in [1.807, 2.05) is 34.9 Å². The molecule has 1 amide bonds. The summed E-state index contributed by atoms with van der Waals surface area (Å²) in [6, 6.07) is 19.8. The number of carbonyl (C=O) groups excluding carboxylic acids is 2. The third-order valence-electron chi connectivity index (χ3n) is 5.64. The third-order valence-corrected chi connectivity index (χ3v) is 6.57. The minimum Gasteiger partial charge on any atom is -0.493 e. The monoisotopic (exact) mass is 561 g/mol. The van der Waals surface area contributed by atoms with Gasteiger partial charge in [-0.15, -0.1) is 10.2 Å². The van der Waals surface area contributed by atoms with Crippen LogP contribution >= 0.6 is 11.8 Å². The third kappa shape index (κ3) is 6.41. The van der Waals surface area contributed by atoms with Crippen LogP contribution in [-0.2, 0) is 9.53 Å². The van der Waals surface area contributed by atoms with Gasteiger partial charge < -0.3 is 18.9 Å². The van der Waals surface area contributed by atoms with Gasteiger partial charge in [-0.3, -0.25) is 9.36 Å². The molecule has 1 N–H and O–H groups in total. The fourth-order valence-electron chi connectivity index (χ4n) is 3.73. The van der Waals surface area contributed by atoms with E-state index in [1.54, 1.807) is 50.6 Å². The van der Waals surface area contributed by atoms with Gasteiger partial charge in [0, 0.05) is 11.3 Å². The normalized spacial score (nSPS) is 10.8. The molecule has 0 unspecified atom stereocenters. The van der Waals surface area contributed by atoms with E-state index in [2.05, 4.69) is 25.5 Å². The van der Waals surface area contributed by atoms with Gasteiger partial charge in [-0.2, -0.15) is 5.10 Å². The van der Waals surface area contributed by atoms with Crippen molar-refractivity contribution in [3.8, 4) is 34.3 Å². The van der Waals surface area contributed by atoms with Crippen molar-refractivity contribution in [3.63, 3.8) is 0 Å². The maximum absolute atomic E-state index is 12.5. The molecule has 4 rings (SSSR count). The number of esters is 1. The molecular formula is C28H27N5O6S. The lowest BCUT2D eigenvalue weighted by atomic mass is 10.1. The van der Waals surface area contributed by atoms with Gasteiger partial charge in [-0.1, -0.05) is 42.1 Å². The van der Waals surface area contributed by atoms with E-state index < -0.39 is 5.97 Å². The molecule has 1 heterocycles. The number of amides is 1. The van der Waals surface area contributed by atoms with E-state index >= 15 is 0 Å². The van der Waals surface area contributed by atoms with Crippen molar-refractivity contribution in [1.82, 2.24) is 20.2 Å². The Morgan fingerprint density at radius 3 is 2.20 bits per heavy atom. The Morgan fingerprint density at radius 2 is 1.60 bits per heavy atom. The van der Waals surface area contributed by atoms with Crippen molar-refractivity contribution in [2.75, 3.05) is 34.2 Å². The highest BCUT2D eigenvalue weighted by Gasteiger charge is 2.21. The van der Waals surface area contributed by atoms with Gasteiger partial charge in [-0.25, -0.2) is 10.2 Å². The summed E-state index contributed by atoms with van der Waals surface area (Å²) in [5.41, 5.74) is 5.13. The zero-order valence-electron chi connectivity index (χ0n) is 22.3. The van der Waals surface area contributed by atoms with Gasteiger partial charge in [0.25, 0.3) is 5.91 Å². The number of aromatic nitrogens is 3. The Balaban J connectivity index is 1.53. The van der Waals surface area contributed by atoms with Gasteiger partial charge >= 0.3 is 5.97 Å². The molecule has 3 aromatic carbocycles. The standard InChI is InChI=1S/C28H27N5O6S/c1-36-22-14-20(15-23(37-2)25(22)38-3)26-31-32-28(33(26)21-8-6-5-7-9-21)40-17-24(34)30-29-16-18-10-12-19(13-11-18)27(35)39-4/h5-16H,17H2,1-4H3,(H,30,34)/b29-16-. The Hall–Kier alpha value is -4.84. The Labute approximate surface area is 235 Å². The molecule has 0 radical (unpaired) electrons. The number of rotatable bonds is 11. The summed E-state index contributed by atoms with van der Waals surface area (Å²) in [6.45, 7) is 0. The molecule has 0 saturated heterocycles. The van der Waals surface area contributed by atoms with Crippen LogP contribution in [-0.4, -0.2) is 67.0 Å². The van der Waals surface area contributed by atoms with Crippen LogP contribution in [0.25, 0.3) is 17.1 Å². The molecule has 206 valence electrons. The van der Waals surface area contributed by atoms with Crippen molar-refractivity contribution in [2.45, 2.75) is 5.16 Å². The summed E-state index contributed by atoms with van der Waals surface area (Å²) in [5, 5.41) is 13.3. The summed E-state index contributed by atoms with van der Waals surface area (Å²) in [4.78, 5) is 24.1. The minimum absolute atomic E-state index is 0.0405.